The first-order valence-electron chi connectivity index (χ1n) is 7.70. The Morgan fingerprint density at radius 2 is 1.63 bits per heavy atom. The second kappa shape index (κ2) is 6.31. The second-order valence-electron chi connectivity index (χ2n) is 7.07. The fourth-order valence-corrected chi connectivity index (χ4v) is 3.38. The van der Waals surface area contributed by atoms with Crippen LogP contribution in [0.5, 0.6) is 0 Å². The van der Waals surface area contributed by atoms with E-state index in [0.717, 1.165) is 6.42 Å². The Bertz CT molecular complexity index is 385. The quantitative estimate of drug-likeness (QED) is 0.480. The van der Waals surface area contributed by atoms with E-state index < -0.39 is 0 Å². The molecule has 0 radical (unpaired) electrons. The van der Waals surface area contributed by atoms with Crippen LogP contribution in [0.1, 0.15) is 64.0 Å². The molecular weight excluding hydrogens is 252 g/mol. The standard InChI is InChI=1S/C18H27Cl/c1-18(2,3)16-11-9-14(10-12-16)13-15-7-5-4-6-8-17(15)19/h9-12,15,17H,4-8,13H2,1-3H3. The SMILES string of the molecule is CC(C)(C)c1ccc(CC2CCCCCC2Cl)cc1. The van der Waals surface area contributed by atoms with E-state index in [9.17, 15) is 0 Å². The van der Waals surface area contributed by atoms with Crippen LogP contribution in [0.3, 0.4) is 0 Å². The summed E-state index contributed by atoms with van der Waals surface area (Å²) in [6, 6.07) is 9.18. The van der Waals surface area contributed by atoms with Crippen LogP contribution < -0.4 is 0 Å². The van der Waals surface area contributed by atoms with Gasteiger partial charge in [-0.3, -0.25) is 0 Å². The third-order valence-corrected chi connectivity index (χ3v) is 4.96. The van der Waals surface area contributed by atoms with Gasteiger partial charge < -0.3 is 0 Å². The normalized spacial score (nSPS) is 25.1. The molecule has 2 unspecified atom stereocenters. The van der Waals surface area contributed by atoms with E-state index in [1.54, 1.807) is 0 Å². The van der Waals surface area contributed by atoms with E-state index in [1.165, 1.54) is 43.2 Å². The molecule has 2 rings (SSSR count). The van der Waals surface area contributed by atoms with Gasteiger partial charge in [-0.1, -0.05) is 64.3 Å². The summed E-state index contributed by atoms with van der Waals surface area (Å²) in [6.45, 7) is 6.80. The van der Waals surface area contributed by atoms with Gasteiger partial charge in [-0.15, -0.1) is 11.6 Å². The maximum Gasteiger partial charge on any atom is 0.0367 e. The first-order valence-corrected chi connectivity index (χ1v) is 8.14. The lowest BCUT2D eigenvalue weighted by Crippen LogP contribution is -2.16. The zero-order valence-electron chi connectivity index (χ0n) is 12.6. The highest BCUT2D eigenvalue weighted by Crippen LogP contribution is 2.31. The largest absolute Gasteiger partial charge is 0.123 e. The lowest BCUT2D eigenvalue weighted by atomic mass is 9.85. The zero-order chi connectivity index (χ0) is 13.9. The average molecular weight is 279 g/mol. The van der Waals surface area contributed by atoms with Crippen LogP contribution in [-0.4, -0.2) is 5.38 Å². The molecule has 0 spiro atoms. The molecule has 0 heterocycles. The summed E-state index contributed by atoms with van der Waals surface area (Å²) in [5.41, 5.74) is 3.11. The molecule has 0 saturated heterocycles. The number of halogens is 1. The second-order valence-corrected chi connectivity index (χ2v) is 7.63. The molecule has 1 fully saturated rings. The van der Waals surface area contributed by atoms with Crippen LogP contribution in [-0.2, 0) is 11.8 Å². The third kappa shape index (κ3) is 4.24. The number of alkyl halides is 1. The lowest BCUT2D eigenvalue weighted by molar-refractivity contribution is 0.465. The maximum atomic E-state index is 6.54. The maximum absolute atomic E-state index is 6.54. The van der Waals surface area contributed by atoms with Crippen LogP contribution in [0.4, 0.5) is 0 Å². The molecular formula is C18H27Cl. The highest BCUT2D eigenvalue weighted by atomic mass is 35.5. The van der Waals surface area contributed by atoms with Gasteiger partial charge >= 0.3 is 0 Å². The smallest absolute Gasteiger partial charge is 0.0367 e. The van der Waals surface area contributed by atoms with Crippen molar-refractivity contribution in [2.45, 2.75) is 70.1 Å². The van der Waals surface area contributed by atoms with Crippen molar-refractivity contribution in [2.24, 2.45) is 5.92 Å². The molecule has 0 aliphatic heterocycles. The van der Waals surface area contributed by atoms with Crippen molar-refractivity contribution in [3.8, 4) is 0 Å². The van der Waals surface area contributed by atoms with Crippen LogP contribution in [0.2, 0.25) is 0 Å². The van der Waals surface area contributed by atoms with E-state index in [4.69, 9.17) is 11.6 Å². The van der Waals surface area contributed by atoms with Crippen molar-refractivity contribution in [1.82, 2.24) is 0 Å². The number of hydrogen-bond donors (Lipinski definition) is 0. The number of hydrogen-bond acceptors (Lipinski definition) is 0. The Morgan fingerprint density at radius 3 is 2.26 bits per heavy atom. The first kappa shape index (κ1) is 14.9. The Labute approximate surface area is 123 Å². The Kier molecular flexibility index (Phi) is 4.95. The van der Waals surface area contributed by atoms with E-state index in [-0.39, 0.29) is 5.41 Å². The van der Waals surface area contributed by atoms with Gasteiger partial charge in [-0.25, -0.2) is 0 Å². The Hall–Kier alpha value is -0.490. The summed E-state index contributed by atoms with van der Waals surface area (Å²) in [4.78, 5) is 0. The van der Waals surface area contributed by atoms with Crippen molar-refractivity contribution < 1.29 is 0 Å². The van der Waals surface area contributed by atoms with Crippen molar-refractivity contribution in [2.75, 3.05) is 0 Å². The van der Waals surface area contributed by atoms with Crippen molar-refractivity contribution >= 4 is 11.6 Å². The lowest BCUT2D eigenvalue weighted by Gasteiger charge is -2.22. The minimum atomic E-state index is 0.246. The van der Waals surface area contributed by atoms with Gasteiger partial charge in [-0.2, -0.15) is 0 Å². The topological polar surface area (TPSA) is 0 Å². The fraction of sp³-hybridized carbons (Fsp3) is 0.667. The predicted molar refractivity (Wildman–Crippen MR) is 85.1 cm³/mol. The molecule has 0 bridgehead atoms. The molecule has 1 heteroatoms. The van der Waals surface area contributed by atoms with Gasteiger partial charge in [0.25, 0.3) is 0 Å². The molecule has 0 aromatic heterocycles. The highest BCUT2D eigenvalue weighted by molar-refractivity contribution is 6.20. The van der Waals surface area contributed by atoms with Gasteiger partial charge in [0.1, 0.15) is 0 Å². The van der Waals surface area contributed by atoms with Gasteiger partial charge in [0, 0.05) is 5.38 Å². The summed E-state index contributed by atoms with van der Waals surface area (Å²) in [5.74, 6) is 0.671. The summed E-state index contributed by atoms with van der Waals surface area (Å²) in [5, 5.41) is 0.379. The molecule has 0 amide bonds. The van der Waals surface area contributed by atoms with Crippen LogP contribution in [0.15, 0.2) is 24.3 Å². The van der Waals surface area contributed by atoms with E-state index >= 15 is 0 Å². The minimum Gasteiger partial charge on any atom is -0.123 e. The summed E-state index contributed by atoms with van der Waals surface area (Å²) in [6.07, 6.45) is 7.68. The monoisotopic (exact) mass is 278 g/mol. The summed E-state index contributed by atoms with van der Waals surface area (Å²) < 4.78 is 0. The first-order chi connectivity index (χ1) is 8.97. The molecule has 1 aliphatic carbocycles. The Morgan fingerprint density at radius 1 is 1.00 bits per heavy atom. The molecule has 2 atom stereocenters. The predicted octanol–water partition coefficient (Wildman–Crippen LogP) is 5.71. The van der Waals surface area contributed by atoms with Crippen LogP contribution in [0, 0.1) is 5.92 Å². The molecule has 1 aromatic carbocycles. The third-order valence-electron chi connectivity index (χ3n) is 4.38. The fourth-order valence-electron chi connectivity index (χ4n) is 3.01. The average Bonchev–Trinajstić information content (AvgIpc) is 2.55. The zero-order valence-corrected chi connectivity index (χ0v) is 13.3. The molecule has 1 aliphatic rings. The molecule has 0 nitrogen and oxygen atoms in total. The van der Waals surface area contributed by atoms with Gasteiger partial charge in [-0.05, 0) is 41.7 Å². The van der Waals surface area contributed by atoms with Crippen LogP contribution in [0.25, 0.3) is 0 Å². The van der Waals surface area contributed by atoms with Gasteiger partial charge in [0.05, 0.1) is 0 Å². The number of benzene rings is 1. The molecule has 19 heavy (non-hydrogen) atoms. The summed E-state index contributed by atoms with van der Waals surface area (Å²) in [7, 11) is 0. The van der Waals surface area contributed by atoms with Crippen LogP contribution >= 0.6 is 11.6 Å². The van der Waals surface area contributed by atoms with Crippen molar-refractivity contribution in [1.29, 1.82) is 0 Å². The number of rotatable bonds is 2. The van der Waals surface area contributed by atoms with E-state index in [0.29, 0.717) is 11.3 Å². The van der Waals surface area contributed by atoms with Gasteiger partial charge in [0.2, 0.25) is 0 Å². The highest BCUT2D eigenvalue weighted by Gasteiger charge is 2.22. The van der Waals surface area contributed by atoms with E-state index in [1.807, 2.05) is 0 Å². The minimum absolute atomic E-state index is 0.246. The van der Waals surface area contributed by atoms with E-state index in [2.05, 4.69) is 45.0 Å². The molecule has 106 valence electrons. The Balaban J connectivity index is 2.02. The van der Waals surface area contributed by atoms with Crippen molar-refractivity contribution in [3.05, 3.63) is 35.4 Å². The molecule has 0 N–H and O–H groups in total. The van der Waals surface area contributed by atoms with Gasteiger partial charge in [0.15, 0.2) is 0 Å². The molecule has 1 aromatic rings. The molecule has 1 saturated carbocycles. The van der Waals surface area contributed by atoms with Crippen molar-refractivity contribution in [3.63, 3.8) is 0 Å². The summed E-state index contributed by atoms with van der Waals surface area (Å²) >= 11 is 6.54.